The van der Waals surface area contributed by atoms with Crippen LogP contribution in [0.25, 0.3) is 0 Å². The first-order valence-corrected chi connectivity index (χ1v) is 8.94. The zero-order valence-corrected chi connectivity index (χ0v) is 14.5. The lowest BCUT2D eigenvalue weighted by atomic mass is 10.1. The largest absolute Gasteiger partial charge is 0.493 e. The highest BCUT2D eigenvalue weighted by Crippen LogP contribution is 2.32. The number of carbonyl (C=O) groups is 1. The number of amides is 1. The van der Waals surface area contributed by atoms with Crippen molar-refractivity contribution in [1.82, 2.24) is 5.32 Å². The van der Waals surface area contributed by atoms with E-state index in [4.69, 9.17) is 14.2 Å². The molecule has 2 aliphatic rings. The standard InChI is InChI=1S/C19H27NO4/c1-13(16-8-5-11-23-16)20-19(21)14-9-10-17(18(12-14)22-2)24-15-6-3-4-7-15/h9-10,12-13,15-16H,3-8,11H2,1-2H3,(H,20,21). The van der Waals surface area contributed by atoms with Crippen molar-refractivity contribution in [2.24, 2.45) is 0 Å². The van der Waals surface area contributed by atoms with Gasteiger partial charge in [-0.2, -0.15) is 0 Å². The molecule has 5 nitrogen and oxygen atoms in total. The third-order valence-electron chi connectivity index (χ3n) is 4.90. The van der Waals surface area contributed by atoms with Crippen molar-refractivity contribution >= 4 is 5.91 Å². The van der Waals surface area contributed by atoms with E-state index in [1.54, 1.807) is 19.2 Å². The molecule has 1 aliphatic heterocycles. The summed E-state index contributed by atoms with van der Waals surface area (Å²) in [6.45, 7) is 2.77. The fourth-order valence-corrected chi connectivity index (χ4v) is 3.47. The second-order valence-electron chi connectivity index (χ2n) is 6.70. The summed E-state index contributed by atoms with van der Waals surface area (Å²) in [7, 11) is 1.60. The Hall–Kier alpha value is -1.75. The fourth-order valence-electron chi connectivity index (χ4n) is 3.47. The Balaban J connectivity index is 1.65. The van der Waals surface area contributed by atoms with Gasteiger partial charge in [0.1, 0.15) is 0 Å². The Labute approximate surface area is 143 Å². The van der Waals surface area contributed by atoms with E-state index >= 15 is 0 Å². The summed E-state index contributed by atoms with van der Waals surface area (Å²) in [6, 6.07) is 5.38. The van der Waals surface area contributed by atoms with Gasteiger partial charge in [0, 0.05) is 12.2 Å². The molecule has 24 heavy (non-hydrogen) atoms. The Morgan fingerprint density at radius 1 is 1.21 bits per heavy atom. The predicted molar refractivity (Wildman–Crippen MR) is 91.8 cm³/mol. The van der Waals surface area contributed by atoms with Gasteiger partial charge in [0.05, 0.1) is 25.4 Å². The molecule has 1 heterocycles. The van der Waals surface area contributed by atoms with Crippen LogP contribution in [-0.4, -0.2) is 37.9 Å². The minimum absolute atomic E-state index is 0.000380. The lowest BCUT2D eigenvalue weighted by Gasteiger charge is -2.20. The molecule has 0 radical (unpaired) electrons. The van der Waals surface area contributed by atoms with E-state index in [0.29, 0.717) is 17.1 Å². The van der Waals surface area contributed by atoms with Gasteiger partial charge in [0.2, 0.25) is 0 Å². The van der Waals surface area contributed by atoms with Crippen molar-refractivity contribution in [1.29, 1.82) is 0 Å². The molecular weight excluding hydrogens is 306 g/mol. The van der Waals surface area contributed by atoms with Gasteiger partial charge >= 0.3 is 0 Å². The molecule has 1 saturated carbocycles. The normalized spacial score (nSPS) is 22.3. The van der Waals surface area contributed by atoms with Crippen molar-refractivity contribution in [2.45, 2.75) is 63.7 Å². The van der Waals surface area contributed by atoms with Crippen LogP contribution in [0.5, 0.6) is 11.5 Å². The van der Waals surface area contributed by atoms with E-state index in [9.17, 15) is 4.79 Å². The molecule has 0 bridgehead atoms. The predicted octanol–water partition coefficient (Wildman–Crippen LogP) is 3.31. The molecule has 2 unspecified atom stereocenters. The minimum Gasteiger partial charge on any atom is -0.493 e. The third kappa shape index (κ3) is 4.01. The Morgan fingerprint density at radius 2 is 2.00 bits per heavy atom. The number of methoxy groups -OCH3 is 1. The molecule has 2 fully saturated rings. The molecule has 1 aromatic carbocycles. The van der Waals surface area contributed by atoms with Gasteiger partial charge in [0.25, 0.3) is 5.91 Å². The zero-order chi connectivity index (χ0) is 16.9. The van der Waals surface area contributed by atoms with Crippen LogP contribution in [0.3, 0.4) is 0 Å². The number of hydrogen-bond acceptors (Lipinski definition) is 4. The van der Waals surface area contributed by atoms with Gasteiger partial charge < -0.3 is 19.5 Å². The summed E-state index contributed by atoms with van der Waals surface area (Å²) in [5.74, 6) is 1.22. The molecule has 1 saturated heterocycles. The Bertz CT molecular complexity index is 562. The van der Waals surface area contributed by atoms with E-state index in [0.717, 1.165) is 32.3 Å². The molecular formula is C19H27NO4. The van der Waals surface area contributed by atoms with E-state index in [1.165, 1.54) is 12.8 Å². The summed E-state index contributed by atoms with van der Waals surface area (Å²) in [5.41, 5.74) is 0.579. The van der Waals surface area contributed by atoms with Crippen molar-refractivity contribution in [3.63, 3.8) is 0 Å². The van der Waals surface area contributed by atoms with Crippen LogP contribution in [0, 0.1) is 0 Å². The SMILES string of the molecule is COc1cc(C(=O)NC(C)C2CCCO2)ccc1OC1CCCC1. The van der Waals surface area contributed by atoms with Crippen LogP contribution in [0.15, 0.2) is 18.2 Å². The van der Waals surface area contributed by atoms with Crippen LogP contribution < -0.4 is 14.8 Å². The van der Waals surface area contributed by atoms with E-state index < -0.39 is 0 Å². The summed E-state index contributed by atoms with van der Waals surface area (Å²) in [4.78, 5) is 12.5. The molecule has 0 aromatic heterocycles. The minimum atomic E-state index is -0.108. The van der Waals surface area contributed by atoms with Gasteiger partial charge in [-0.25, -0.2) is 0 Å². The van der Waals surface area contributed by atoms with Crippen molar-refractivity contribution in [3.8, 4) is 11.5 Å². The molecule has 3 rings (SSSR count). The number of nitrogens with one attached hydrogen (secondary N) is 1. The van der Waals surface area contributed by atoms with Gasteiger partial charge in [-0.3, -0.25) is 4.79 Å². The average molecular weight is 333 g/mol. The molecule has 5 heteroatoms. The summed E-state index contributed by atoms with van der Waals surface area (Å²) in [6.07, 6.45) is 7.04. The number of ether oxygens (including phenoxy) is 3. The summed E-state index contributed by atoms with van der Waals surface area (Å²) < 4.78 is 17.1. The molecule has 132 valence electrons. The molecule has 1 N–H and O–H groups in total. The molecule has 1 amide bonds. The highest BCUT2D eigenvalue weighted by Gasteiger charge is 2.24. The number of carbonyl (C=O) groups excluding carboxylic acids is 1. The Morgan fingerprint density at radius 3 is 2.67 bits per heavy atom. The molecule has 1 aromatic rings. The number of hydrogen-bond donors (Lipinski definition) is 1. The smallest absolute Gasteiger partial charge is 0.251 e. The topological polar surface area (TPSA) is 56.8 Å². The fraction of sp³-hybridized carbons (Fsp3) is 0.632. The second kappa shape index (κ2) is 7.88. The average Bonchev–Trinajstić information content (AvgIpc) is 3.28. The molecule has 1 aliphatic carbocycles. The van der Waals surface area contributed by atoms with Crippen molar-refractivity contribution in [3.05, 3.63) is 23.8 Å². The van der Waals surface area contributed by atoms with E-state index in [-0.39, 0.29) is 24.2 Å². The van der Waals surface area contributed by atoms with E-state index in [2.05, 4.69) is 5.32 Å². The first kappa shape index (κ1) is 17.1. The summed E-state index contributed by atoms with van der Waals surface area (Å²) in [5, 5.41) is 3.02. The highest BCUT2D eigenvalue weighted by molar-refractivity contribution is 5.95. The maximum atomic E-state index is 12.5. The van der Waals surface area contributed by atoms with Crippen LogP contribution >= 0.6 is 0 Å². The Kier molecular flexibility index (Phi) is 5.61. The van der Waals surface area contributed by atoms with Gasteiger partial charge in [-0.1, -0.05) is 0 Å². The van der Waals surface area contributed by atoms with Crippen LogP contribution in [0.2, 0.25) is 0 Å². The zero-order valence-electron chi connectivity index (χ0n) is 14.5. The summed E-state index contributed by atoms with van der Waals surface area (Å²) >= 11 is 0. The first-order valence-electron chi connectivity index (χ1n) is 8.94. The monoisotopic (exact) mass is 333 g/mol. The molecule has 2 atom stereocenters. The number of rotatable bonds is 6. The molecule has 0 spiro atoms. The maximum Gasteiger partial charge on any atom is 0.251 e. The van der Waals surface area contributed by atoms with E-state index in [1.807, 2.05) is 13.0 Å². The van der Waals surface area contributed by atoms with Crippen LogP contribution in [0.1, 0.15) is 55.8 Å². The van der Waals surface area contributed by atoms with Crippen molar-refractivity contribution in [2.75, 3.05) is 13.7 Å². The lowest BCUT2D eigenvalue weighted by molar-refractivity contribution is 0.0712. The number of benzene rings is 1. The van der Waals surface area contributed by atoms with Crippen molar-refractivity contribution < 1.29 is 19.0 Å². The van der Waals surface area contributed by atoms with Crippen LogP contribution in [0.4, 0.5) is 0 Å². The van der Waals surface area contributed by atoms with Gasteiger partial charge in [-0.15, -0.1) is 0 Å². The lowest BCUT2D eigenvalue weighted by Crippen LogP contribution is -2.40. The third-order valence-corrected chi connectivity index (χ3v) is 4.90. The first-order chi connectivity index (χ1) is 11.7. The second-order valence-corrected chi connectivity index (χ2v) is 6.70. The van der Waals surface area contributed by atoms with Gasteiger partial charge in [0.15, 0.2) is 11.5 Å². The quantitative estimate of drug-likeness (QED) is 0.868. The highest BCUT2D eigenvalue weighted by atomic mass is 16.5. The maximum absolute atomic E-state index is 12.5. The van der Waals surface area contributed by atoms with Crippen LogP contribution in [-0.2, 0) is 4.74 Å². The van der Waals surface area contributed by atoms with Gasteiger partial charge in [-0.05, 0) is 63.6 Å².